The van der Waals surface area contributed by atoms with Crippen LogP contribution in [-0.2, 0) is 18.9 Å². The van der Waals surface area contributed by atoms with Crippen molar-refractivity contribution < 1.29 is 13.9 Å². The molecule has 4 heterocycles. The number of imidazole rings is 1. The van der Waals surface area contributed by atoms with E-state index in [1.807, 2.05) is 7.05 Å². The fourth-order valence-electron chi connectivity index (χ4n) is 3.50. The number of hydrogen-bond donors (Lipinski definition) is 2. The topological polar surface area (TPSA) is 115 Å². The normalized spacial score (nSPS) is 18.8. The van der Waals surface area contributed by atoms with E-state index in [1.54, 1.807) is 46.7 Å². The predicted octanol–water partition coefficient (Wildman–Crippen LogP) is 1.07. The first-order valence-electron chi connectivity index (χ1n) is 9.75. The van der Waals surface area contributed by atoms with Crippen molar-refractivity contribution in [3.63, 3.8) is 0 Å². The third-order valence-electron chi connectivity index (χ3n) is 4.97. The van der Waals surface area contributed by atoms with Gasteiger partial charge in [-0.3, -0.25) is 9.48 Å². The minimum atomic E-state index is -1.24. The smallest absolute Gasteiger partial charge is 0.256 e. The maximum Gasteiger partial charge on any atom is 0.256 e. The van der Waals surface area contributed by atoms with Gasteiger partial charge in [0.05, 0.1) is 32.2 Å². The van der Waals surface area contributed by atoms with Crippen molar-refractivity contribution in [3.8, 4) is 5.88 Å². The van der Waals surface area contributed by atoms with Crippen molar-refractivity contribution in [3.05, 3.63) is 24.7 Å². The number of carbonyl (C=O) groups excluding carboxylic acids is 1. The lowest BCUT2D eigenvalue weighted by Gasteiger charge is -2.17. The maximum atomic E-state index is 14.6. The van der Waals surface area contributed by atoms with Gasteiger partial charge in [-0.2, -0.15) is 9.97 Å². The Kier molecular flexibility index (Phi) is 5.44. The molecule has 0 spiro atoms. The number of aryl methyl sites for hydroxylation is 2. The molecule has 0 saturated carbocycles. The average Bonchev–Trinajstić information content (AvgIpc) is 3.40. The largest absolute Gasteiger partial charge is 0.478 e. The van der Waals surface area contributed by atoms with Crippen LogP contribution < -0.4 is 20.3 Å². The zero-order chi connectivity index (χ0) is 22.1. The molecule has 164 valence electrons. The van der Waals surface area contributed by atoms with Crippen molar-refractivity contribution in [1.82, 2.24) is 34.6 Å². The van der Waals surface area contributed by atoms with Crippen LogP contribution in [0.3, 0.4) is 0 Å². The molecule has 1 fully saturated rings. The van der Waals surface area contributed by atoms with Gasteiger partial charge in [0.1, 0.15) is 11.9 Å². The van der Waals surface area contributed by atoms with Gasteiger partial charge < -0.3 is 24.8 Å². The van der Waals surface area contributed by atoms with Gasteiger partial charge in [-0.05, 0) is 13.0 Å². The number of hydrogen-bond acceptors (Lipinski definition) is 8. The summed E-state index contributed by atoms with van der Waals surface area (Å²) in [6, 6.07) is -0.649. The van der Waals surface area contributed by atoms with Crippen LogP contribution in [0.2, 0.25) is 0 Å². The number of nitrogens with zero attached hydrogens (tertiary/aromatic N) is 7. The first-order valence-corrected chi connectivity index (χ1v) is 9.75. The summed E-state index contributed by atoms with van der Waals surface area (Å²) in [6.45, 7) is 2.06. The quantitative estimate of drug-likeness (QED) is 0.559. The lowest BCUT2D eigenvalue weighted by atomic mass is 10.2. The lowest BCUT2D eigenvalue weighted by molar-refractivity contribution is -0.117. The number of methoxy groups -OCH3 is 1. The zero-order valence-corrected chi connectivity index (χ0v) is 17.7. The number of alkyl halides is 1. The Balaban J connectivity index is 1.66. The van der Waals surface area contributed by atoms with E-state index in [0.717, 1.165) is 0 Å². The van der Waals surface area contributed by atoms with E-state index in [4.69, 9.17) is 4.74 Å². The molecular weight excluding hydrogens is 405 g/mol. The number of aromatic nitrogens is 6. The van der Waals surface area contributed by atoms with E-state index in [9.17, 15) is 9.18 Å². The predicted molar refractivity (Wildman–Crippen MR) is 113 cm³/mol. The lowest BCUT2D eigenvalue weighted by Crippen LogP contribution is -2.40. The molecular formula is C19H24FN9O2. The van der Waals surface area contributed by atoms with E-state index < -0.39 is 12.2 Å². The molecule has 1 unspecified atom stereocenters. The van der Waals surface area contributed by atoms with E-state index in [0.29, 0.717) is 34.5 Å². The number of halogens is 1. The Morgan fingerprint density at radius 3 is 2.87 bits per heavy atom. The number of rotatable bonds is 6. The first kappa shape index (κ1) is 20.6. The van der Waals surface area contributed by atoms with Crippen LogP contribution in [0.15, 0.2) is 24.7 Å². The van der Waals surface area contributed by atoms with Crippen molar-refractivity contribution in [2.45, 2.75) is 19.1 Å². The van der Waals surface area contributed by atoms with Crippen molar-refractivity contribution in [2.24, 2.45) is 14.1 Å². The van der Waals surface area contributed by atoms with E-state index in [2.05, 4.69) is 30.7 Å². The fraction of sp³-hybridized carbons (Fsp3) is 0.421. The molecule has 31 heavy (non-hydrogen) atoms. The average molecular weight is 429 g/mol. The van der Waals surface area contributed by atoms with Gasteiger partial charge >= 0.3 is 0 Å². The molecule has 1 aliphatic heterocycles. The highest BCUT2D eigenvalue weighted by Gasteiger charge is 2.35. The van der Waals surface area contributed by atoms with E-state index >= 15 is 0 Å². The van der Waals surface area contributed by atoms with Gasteiger partial charge in [-0.1, -0.05) is 6.08 Å². The monoisotopic (exact) mass is 429 g/mol. The number of anilines is 3. The molecule has 3 aromatic heterocycles. The van der Waals surface area contributed by atoms with Crippen LogP contribution in [0.4, 0.5) is 21.8 Å². The molecule has 1 aliphatic rings. The van der Waals surface area contributed by atoms with Gasteiger partial charge in [-0.15, -0.1) is 5.10 Å². The molecule has 1 saturated heterocycles. The molecule has 0 aromatic carbocycles. The summed E-state index contributed by atoms with van der Waals surface area (Å²) in [5.41, 5.74) is 1.76. The Bertz CT molecular complexity index is 1140. The minimum Gasteiger partial charge on any atom is -0.478 e. The van der Waals surface area contributed by atoms with E-state index in [-0.39, 0.29) is 19.0 Å². The Labute approximate surface area is 177 Å². The summed E-state index contributed by atoms with van der Waals surface area (Å²) in [6.07, 6.45) is 5.14. The maximum absolute atomic E-state index is 14.6. The molecule has 0 radical (unpaired) electrons. The van der Waals surface area contributed by atoms with Crippen LogP contribution in [0.1, 0.15) is 6.92 Å². The van der Waals surface area contributed by atoms with E-state index in [1.165, 1.54) is 13.2 Å². The van der Waals surface area contributed by atoms with Gasteiger partial charge in [0.15, 0.2) is 17.0 Å². The third kappa shape index (κ3) is 4.00. The summed E-state index contributed by atoms with van der Waals surface area (Å²) < 4.78 is 23.3. The Hall–Kier alpha value is -3.70. The molecule has 11 nitrogen and oxygen atoms in total. The second-order valence-corrected chi connectivity index (χ2v) is 7.29. The summed E-state index contributed by atoms with van der Waals surface area (Å²) in [5, 5.41) is 10.1. The first-order chi connectivity index (χ1) is 14.9. The molecule has 2 atom stereocenters. The molecule has 3 aromatic rings. The zero-order valence-electron chi connectivity index (χ0n) is 17.7. The number of nitrogens with one attached hydrogen (secondary N) is 2. The molecule has 12 heteroatoms. The van der Waals surface area contributed by atoms with Crippen LogP contribution in [-0.4, -0.2) is 67.6 Å². The third-order valence-corrected chi connectivity index (χ3v) is 4.97. The molecule has 0 bridgehead atoms. The van der Waals surface area contributed by atoms with Gasteiger partial charge in [0.2, 0.25) is 11.9 Å². The van der Waals surface area contributed by atoms with Crippen LogP contribution in [0.5, 0.6) is 5.88 Å². The van der Waals surface area contributed by atoms with Crippen LogP contribution in [0.25, 0.3) is 11.2 Å². The number of fused-ring (bicyclic) bond motifs is 1. The molecule has 0 aliphatic carbocycles. The van der Waals surface area contributed by atoms with Gasteiger partial charge in [0.25, 0.3) is 5.88 Å². The number of ether oxygens (including phenoxy) is 1. The SMILES string of the molecule is C/C=C/C(=O)N[C@@H]1CN(c2nc(Nc3cn(C)nc3OC)c3ncn(C)c3n2)CC1F. The van der Waals surface area contributed by atoms with Crippen molar-refractivity contribution >= 4 is 34.5 Å². The standard InChI is InChI=1S/C19H24FN9O2/c1-5-6-14(30)22-12-9-29(7-11(12)20)19-24-16(15-17(25-19)27(2)10-21-15)23-13-8-28(3)26-18(13)31-4/h5-6,8,10-12H,7,9H2,1-4H3,(H,22,30)(H,23,24,25)/b6-5+/t11?,12-/m1/s1. The van der Waals surface area contributed by atoms with Crippen molar-refractivity contribution in [1.29, 1.82) is 0 Å². The fourth-order valence-corrected chi connectivity index (χ4v) is 3.50. The van der Waals surface area contributed by atoms with Crippen molar-refractivity contribution in [2.75, 3.05) is 30.4 Å². The highest BCUT2D eigenvalue weighted by molar-refractivity contribution is 5.88. The van der Waals surface area contributed by atoms with Crippen LogP contribution >= 0.6 is 0 Å². The van der Waals surface area contributed by atoms with Gasteiger partial charge in [-0.25, -0.2) is 9.37 Å². The Morgan fingerprint density at radius 2 is 2.13 bits per heavy atom. The molecule has 2 N–H and O–H groups in total. The number of allylic oxidation sites excluding steroid dienone is 1. The summed E-state index contributed by atoms with van der Waals surface area (Å²) >= 11 is 0. The molecule has 1 amide bonds. The summed E-state index contributed by atoms with van der Waals surface area (Å²) in [7, 11) is 5.13. The summed E-state index contributed by atoms with van der Waals surface area (Å²) in [4.78, 5) is 27.1. The second-order valence-electron chi connectivity index (χ2n) is 7.29. The molecule has 4 rings (SSSR count). The van der Waals surface area contributed by atoms with Gasteiger partial charge in [0, 0.05) is 20.6 Å². The minimum absolute atomic E-state index is 0.0692. The number of amides is 1. The highest BCUT2D eigenvalue weighted by Crippen LogP contribution is 2.30. The van der Waals surface area contributed by atoms with Crippen LogP contribution in [0, 0.1) is 0 Å². The second kappa shape index (κ2) is 8.20. The highest BCUT2D eigenvalue weighted by atomic mass is 19.1. The Morgan fingerprint density at radius 1 is 1.32 bits per heavy atom. The summed E-state index contributed by atoms with van der Waals surface area (Å²) in [5.74, 6) is 0.866. The number of carbonyl (C=O) groups is 1.